The monoisotopic (exact) mass is 842 g/mol. The van der Waals surface area contributed by atoms with Crippen molar-refractivity contribution in [2.45, 2.75) is 26.1 Å². The standard InChI is InChI=1S/C36H36Br2N4O6S2/c37-29-19-27(11-13-33(29)43)21-31(41-47-23-25-7-3-1-4-8-25)35(45)39-15-17-49-50-18-16-40-36(46)32(22-28-12-14-34(44)30(38)20-28)42-48-24-26-9-5-2-6-10-26/h1-14,19-20,43-44H,15-18,21-24H2,(H,39,45)(H,40,46)/b41-31+,42-32+. The van der Waals surface area contributed by atoms with Crippen LogP contribution < -0.4 is 10.6 Å². The summed E-state index contributed by atoms with van der Waals surface area (Å²) < 4.78 is 1.05. The average Bonchev–Trinajstić information content (AvgIpc) is 3.12. The van der Waals surface area contributed by atoms with Gasteiger partial charge < -0.3 is 30.5 Å². The molecule has 0 aliphatic heterocycles. The van der Waals surface area contributed by atoms with Crippen LogP contribution in [0.2, 0.25) is 0 Å². The lowest BCUT2D eigenvalue weighted by atomic mass is 10.1. The van der Waals surface area contributed by atoms with Crippen molar-refractivity contribution >= 4 is 76.7 Å². The first kappa shape index (κ1) is 38.8. The molecule has 14 heteroatoms. The van der Waals surface area contributed by atoms with Gasteiger partial charge in [-0.3, -0.25) is 9.59 Å². The van der Waals surface area contributed by atoms with E-state index in [9.17, 15) is 19.8 Å². The number of nitrogens with one attached hydrogen (secondary N) is 2. The van der Waals surface area contributed by atoms with Crippen LogP contribution in [0.25, 0.3) is 0 Å². The van der Waals surface area contributed by atoms with Crippen LogP contribution in [0.5, 0.6) is 11.5 Å². The molecule has 0 bridgehead atoms. The normalized spacial score (nSPS) is 11.6. The highest BCUT2D eigenvalue weighted by atomic mass is 79.9. The predicted molar refractivity (Wildman–Crippen MR) is 207 cm³/mol. The van der Waals surface area contributed by atoms with Crippen LogP contribution in [0, 0.1) is 0 Å². The second-order valence-electron chi connectivity index (χ2n) is 10.7. The van der Waals surface area contributed by atoms with Crippen LogP contribution in [0.1, 0.15) is 22.3 Å². The Hall–Kier alpha value is -3.98. The Bertz CT molecular complexity index is 1640. The molecule has 4 aromatic rings. The Balaban J connectivity index is 1.21. The molecule has 262 valence electrons. The molecular weight excluding hydrogens is 808 g/mol. The molecule has 4 N–H and O–H groups in total. The largest absolute Gasteiger partial charge is 0.507 e. The number of benzene rings is 4. The Morgan fingerprint density at radius 2 is 1.00 bits per heavy atom. The Morgan fingerprint density at radius 1 is 0.600 bits per heavy atom. The van der Waals surface area contributed by atoms with E-state index in [1.54, 1.807) is 58.0 Å². The summed E-state index contributed by atoms with van der Waals surface area (Å²) in [5.74, 6) is 0.778. The van der Waals surface area contributed by atoms with E-state index >= 15 is 0 Å². The smallest absolute Gasteiger partial charge is 0.269 e. The maximum Gasteiger partial charge on any atom is 0.269 e. The summed E-state index contributed by atoms with van der Waals surface area (Å²) in [4.78, 5) is 37.1. The summed E-state index contributed by atoms with van der Waals surface area (Å²) in [5.41, 5.74) is 3.85. The summed E-state index contributed by atoms with van der Waals surface area (Å²) in [6, 6.07) is 29.1. The third-order valence-corrected chi connectivity index (χ3v) is 10.5. The van der Waals surface area contributed by atoms with Gasteiger partial charge in [0.1, 0.15) is 36.1 Å². The van der Waals surface area contributed by atoms with Gasteiger partial charge in [0, 0.05) is 37.4 Å². The highest BCUT2D eigenvalue weighted by Crippen LogP contribution is 2.26. The predicted octanol–water partition coefficient (Wildman–Crippen LogP) is 7.17. The van der Waals surface area contributed by atoms with Crippen LogP contribution in [0.3, 0.4) is 0 Å². The third-order valence-electron chi connectivity index (χ3n) is 6.81. The van der Waals surface area contributed by atoms with Crippen LogP contribution in [0.4, 0.5) is 0 Å². The molecule has 0 saturated heterocycles. The van der Waals surface area contributed by atoms with Gasteiger partial charge in [-0.15, -0.1) is 0 Å². The molecule has 2 amide bonds. The van der Waals surface area contributed by atoms with Crippen molar-refractivity contribution in [3.63, 3.8) is 0 Å². The SMILES string of the molecule is O=C(NCCSSCCNC(=O)/C(Cc1ccc(O)c(Br)c1)=N/OCc1ccccc1)/C(Cc1ccc(O)c(Br)c1)=N/OCc1ccccc1. The third kappa shape index (κ3) is 13.7. The minimum Gasteiger partial charge on any atom is -0.507 e. The number of nitrogens with zero attached hydrogens (tertiary/aromatic N) is 2. The zero-order valence-electron chi connectivity index (χ0n) is 26.9. The second-order valence-corrected chi connectivity index (χ2v) is 15.1. The molecule has 0 radical (unpaired) electrons. The van der Waals surface area contributed by atoms with Crippen LogP contribution in [-0.2, 0) is 45.3 Å². The number of phenolic OH excluding ortho intramolecular Hbond substituents is 2. The molecule has 4 aromatic carbocycles. The summed E-state index contributed by atoms with van der Waals surface area (Å²) in [7, 11) is 3.14. The molecule has 0 heterocycles. The number of hydrogen-bond acceptors (Lipinski definition) is 10. The molecule has 0 fully saturated rings. The van der Waals surface area contributed by atoms with Gasteiger partial charge in [-0.05, 0) is 78.4 Å². The number of carbonyl (C=O) groups is 2. The van der Waals surface area contributed by atoms with Crippen LogP contribution in [-0.4, -0.2) is 58.0 Å². The minimum atomic E-state index is -0.345. The number of rotatable bonds is 19. The van der Waals surface area contributed by atoms with Crippen molar-refractivity contribution in [2.75, 3.05) is 24.6 Å². The summed E-state index contributed by atoms with van der Waals surface area (Å²) in [6.07, 6.45) is 0.432. The Morgan fingerprint density at radius 3 is 1.38 bits per heavy atom. The molecule has 0 spiro atoms. The molecule has 50 heavy (non-hydrogen) atoms. The van der Waals surface area contributed by atoms with Gasteiger partial charge in [-0.1, -0.05) is 105 Å². The number of carbonyl (C=O) groups excluding carboxylic acids is 2. The average molecular weight is 845 g/mol. The van der Waals surface area contributed by atoms with E-state index in [-0.39, 0.29) is 60.8 Å². The molecular formula is C36H36Br2N4O6S2. The van der Waals surface area contributed by atoms with E-state index in [1.165, 1.54) is 0 Å². The first-order valence-electron chi connectivity index (χ1n) is 15.5. The van der Waals surface area contributed by atoms with Crippen molar-refractivity contribution in [3.8, 4) is 11.5 Å². The van der Waals surface area contributed by atoms with Crippen molar-refractivity contribution in [2.24, 2.45) is 10.3 Å². The quantitative estimate of drug-likeness (QED) is 0.0337. The van der Waals surface area contributed by atoms with E-state index < -0.39 is 0 Å². The Labute approximate surface area is 315 Å². The highest BCUT2D eigenvalue weighted by molar-refractivity contribution is 9.11. The molecule has 4 rings (SSSR count). The molecule has 0 atom stereocenters. The van der Waals surface area contributed by atoms with Gasteiger partial charge in [0.15, 0.2) is 0 Å². The van der Waals surface area contributed by atoms with Gasteiger partial charge in [0.2, 0.25) is 0 Å². The van der Waals surface area contributed by atoms with Crippen LogP contribution >= 0.6 is 53.4 Å². The van der Waals surface area contributed by atoms with Crippen LogP contribution in [0.15, 0.2) is 116 Å². The van der Waals surface area contributed by atoms with Crippen molar-refractivity contribution < 1.29 is 29.5 Å². The molecule has 0 unspecified atom stereocenters. The van der Waals surface area contributed by atoms with Crippen molar-refractivity contribution in [1.29, 1.82) is 0 Å². The number of phenols is 2. The number of amides is 2. The molecule has 0 saturated carbocycles. The zero-order valence-corrected chi connectivity index (χ0v) is 31.7. The number of halogens is 2. The van der Waals surface area contributed by atoms with Gasteiger partial charge in [0.25, 0.3) is 11.8 Å². The fourth-order valence-corrected chi connectivity index (χ4v) is 6.93. The molecule has 0 aromatic heterocycles. The van der Waals surface area contributed by atoms with Crippen molar-refractivity contribution in [3.05, 3.63) is 128 Å². The fraction of sp³-hybridized carbons (Fsp3) is 0.222. The van der Waals surface area contributed by atoms with Gasteiger partial charge in [0.05, 0.1) is 8.95 Å². The van der Waals surface area contributed by atoms with Crippen molar-refractivity contribution in [1.82, 2.24) is 10.6 Å². The molecule has 0 aliphatic carbocycles. The maximum atomic E-state index is 13.1. The van der Waals surface area contributed by atoms with Gasteiger partial charge in [-0.25, -0.2) is 0 Å². The van der Waals surface area contributed by atoms with E-state index in [0.717, 1.165) is 22.3 Å². The topological polar surface area (TPSA) is 142 Å². The molecule has 0 aliphatic rings. The highest BCUT2D eigenvalue weighted by Gasteiger charge is 2.16. The Kier molecular flexibility index (Phi) is 16.5. The lowest BCUT2D eigenvalue weighted by molar-refractivity contribution is -0.115. The lowest BCUT2D eigenvalue weighted by Gasteiger charge is -2.10. The van der Waals surface area contributed by atoms with E-state index in [2.05, 4.69) is 52.8 Å². The van der Waals surface area contributed by atoms with E-state index in [1.807, 2.05) is 60.7 Å². The van der Waals surface area contributed by atoms with Gasteiger partial charge >= 0.3 is 0 Å². The second kappa shape index (κ2) is 21.3. The number of aromatic hydroxyl groups is 2. The first-order chi connectivity index (χ1) is 24.3. The lowest BCUT2D eigenvalue weighted by Crippen LogP contribution is -2.34. The maximum absolute atomic E-state index is 13.1. The van der Waals surface area contributed by atoms with E-state index in [4.69, 9.17) is 9.68 Å². The summed E-state index contributed by atoms with van der Waals surface area (Å²) in [5, 5.41) is 33.8. The molecule has 10 nitrogen and oxygen atoms in total. The first-order valence-corrected chi connectivity index (χ1v) is 19.6. The van der Waals surface area contributed by atoms with Gasteiger partial charge in [-0.2, -0.15) is 0 Å². The number of hydrogen-bond donors (Lipinski definition) is 4. The summed E-state index contributed by atoms with van der Waals surface area (Å²) >= 11 is 6.63. The zero-order chi connectivity index (χ0) is 35.6. The minimum absolute atomic E-state index is 0.106. The fourth-order valence-electron chi connectivity index (χ4n) is 4.27. The van der Waals surface area contributed by atoms with E-state index in [0.29, 0.717) is 33.5 Å². The number of oxime groups is 2. The summed E-state index contributed by atoms with van der Waals surface area (Å²) in [6.45, 7) is 1.25.